The first-order valence-electron chi connectivity index (χ1n) is 5.83. The summed E-state index contributed by atoms with van der Waals surface area (Å²) in [7, 11) is -3.86. The molecule has 1 aromatic carbocycles. The molecule has 0 amide bonds. The first-order chi connectivity index (χ1) is 9.70. The van der Waals surface area contributed by atoms with Gasteiger partial charge in [0, 0.05) is 0 Å². The van der Waals surface area contributed by atoms with E-state index < -0.39 is 16.0 Å². The number of hydrogen-bond acceptors (Lipinski definition) is 4. The third-order valence-electron chi connectivity index (χ3n) is 2.75. The molecule has 0 unspecified atom stereocenters. The smallest absolute Gasteiger partial charge is 0.337 e. The van der Waals surface area contributed by atoms with E-state index in [4.69, 9.17) is 16.7 Å². The number of sulfonamides is 1. The van der Waals surface area contributed by atoms with Crippen LogP contribution in [0.3, 0.4) is 0 Å². The fourth-order valence-electron chi connectivity index (χ4n) is 1.68. The van der Waals surface area contributed by atoms with Crippen molar-refractivity contribution >= 4 is 44.6 Å². The summed E-state index contributed by atoms with van der Waals surface area (Å²) in [5.41, 5.74) is 1.31. The van der Waals surface area contributed by atoms with Gasteiger partial charge < -0.3 is 5.11 Å². The highest BCUT2D eigenvalue weighted by atomic mass is 35.5. The molecular formula is C13H12ClNO4S2. The van der Waals surface area contributed by atoms with Crippen LogP contribution in [-0.4, -0.2) is 19.5 Å². The molecule has 0 saturated heterocycles. The highest BCUT2D eigenvalue weighted by Crippen LogP contribution is 2.31. The Bertz CT molecular complexity index is 792. The molecule has 1 heterocycles. The van der Waals surface area contributed by atoms with Crippen molar-refractivity contribution in [2.45, 2.75) is 18.1 Å². The zero-order valence-electron chi connectivity index (χ0n) is 11.2. The minimum Gasteiger partial charge on any atom is -0.478 e. The predicted molar refractivity (Wildman–Crippen MR) is 83.0 cm³/mol. The molecule has 0 spiro atoms. The van der Waals surface area contributed by atoms with E-state index in [1.54, 1.807) is 19.9 Å². The van der Waals surface area contributed by atoms with Crippen LogP contribution < -0.4 is 4.72 Å². The Morgan fingerprint density at radius 1 is 1.29 bits per heavy atom. The summed E-state index contributed by atoms with van der Waals surface area (Å²) in [6.45, 7) is 3.43. The van der Waals surface area contributed by atoms with Crippen molar-refractivity contribution in [1.29, 1.82) is 0 Å². The molecule has 2 aromatic rings. The molecule has 8 heteroatoms. The third kappa shape index (κ3) is 3.37. The Morgan fingerprint density at radius 3 is 2.48 bits per heavy atom. The largest absolute Gasteiger partial charge is 0.478 e. The van der Waals surface area contributed by atoms with Gasteiger partial charge in [-0.15, -0.1) is 11.3 Å². The number of carbonyl (C=O) groups is 1. The van der Waals surface area contributed by atoms with Gasteiger partial charge in [-0.25, -0.2) is 13.2 Å². The van der Waals surface area contributed by atoms with Gasteiger partial charge in [-0.3, -0.25) is 4.72 Å². The van der Waals surface area contributed by atoms with Crippen LogP contribution >= 0.6 is 22.9 Å². The maximum Gasteiger partial charge on any atom is 0.337 e. The molecule has 21 heavy (non-hydrogen) atoms. The normalized spacial score (nSPS) is 11.4. The summed E-state index contributed by atoms with van der Waals surface area (Å²) in [4.78, 5) is 11.2. The van der Waals surface area contributed by atoms with Gasteiger partial charge in [0.15, 0.2) is 0 Å². The second kappa shape index (κ2) is 5.67. The maximum atomic E-state index is 12.3. The highest BCUT2D eigenvalue weighted by molar-refractivity contribution is 7.94. The summed E-state index contributed by atoms with van der Waals surface area (Å²) in [6.07, 6.45) is 0. The van der Waals surface area contributed by atoms with Crippen molar-refractivity contribution in [3.05, 3.63) is 45.3 Å². The van der Waals surface area contributed by atoms with Gasteiger partial charge in [0.25, 0.3) is 10.0 Å². The SMILES string of the molecule is Cc1ccc(NS(=O)(=O)c2cc(C)c(Cl)s2)c(C(=O)O)c1. The molecule has 2 rings (SSSR count). The summed E-state index contributed by atoms with van der Waals surface area (Å²) in [5, 5.41) is 9.15. The van der Waals surface area contributed by atoms with Crippen LogP contribution in [0.15, 0.2) is 28.5 Å². The lowest BCUT2D eigenvalue weighted by Gasteiger charge is -2.10. The van der Waals surface area contributed by atoms with E-state index in [-0.39, 0.29) is 15.5 Å². The molecule has 0 aliphatic rings. The number of halogens is 1. The van der Waals surface area contributed by atoms with Crippen LogP contribution in [0.2, 0.25) is 4.34 Å². The van der Waals surface area contributed by atoms with Crippen molar-refractivity contribution in [2.24, 2.45) is 0 Å². The van der Waals surface area contributed by atoms with E-state index in [2.05, 4.69) is 4.72 Å². The molecule has 0 atom stereocenters. The number of aryl methyl sites for hydroxylation is 2. The summed E-state index contributed by atoms with van der Waals surface area (Å²) >= 11 is 6.80. The van der Waals surface area contributed by atoms with Crippen molar-refractivity contribution in [2.75, 3.05) is 4.72 Å². The van der Waals surface area contributed by atoms with Crippen molar-refractivity contribution in [1.82, 2.24) is 0 Å². The molecule has 0 aliphatic heterocycles. The lowest BCUT2D eigenvalue weighted by molar-refractivity contribution is 0.0698. The van der Waals surface area contributed by atoms with Crippen LogP contribution in [0.25, 0.3) is 0 Å². The van der Waals surface area contributed by atoms with E-state index in [0.717, 1.165) is 16.9 Å². The molecule has 112 valence electrons. The molecular weight excluding hydrogens is 334 g/mol. The number of hydrogen-bond donors (Lipinski definition) is 2. The van der Waals surface area contributed by atoms with E-state index in [0.29, 0.717) is 9.90 Å². The number of aromatic carboxylic acids is 1. The second-order valence-corrected chi connectivity index (χ2v) is 8.05. The second-order valence-electron chi connectivity index (χ2n) is 4.48. The minimum absolute atomic E-state index is 0.0234. The molecule has 1 aromatic heterocycles. The van der Waals surface area contributed by atoms with Crippen LogP contribution in [0, 0.1) is 13.8 Å². The molecule has 0 aliphatic carbocycles. The van der Waals surface area contributed by atoms with Crippen molar-refractivity contribution in [3.63, 3.8) is 0 Å². The minimum atomic E-state index is -3.86. The highest BCUT2D eigenvalue weighted by Gasteiger charge is 2.21. The number of rotatable bonds is 4. The third-order valence-corrected chi connectivity index (χ3v) is 6.14. The molecule has 0 radical (unpaired) electrons. The zero-order chi connectivity index (χ0) is 15.8. The van der Waals surface area contributed by atoms with Crippen molar-refractivity contribution < 1.29 is 18.3 Å². The summed E-state index contributed by atoms with van der Waals surface area (Å²) in [6, 6.07) is 5.92. The summed E-state index contributed by atoms with van der Waals surface area (Å²) < 4.78 is 27.3. The lowest BCUT2D eigenvalue weighted by Crippen LogP contribution is -2.14. The van der Waals surface area contributed by atoms with Crippen LogP contribution in [0.1, 0.15) is 21.5 Å². The average molecular weight is 346 g/mol. The Labute approximate surface area is 131 Å². The fourth-order valence-corrected chi connectivity index (χ4v) is 4.47. The number of anilines is 1. The van der Waals surface area contributed by atoms with Crippen LogP contribution in [-0.2, 0) is 10.0 Å². The number of thiophene rings is 1. The lowest BCUT2D eigenvalue weighted by atomic mass is 10.1. The van der Waals surface area contributed by atoms with Gasteiger partial charge in [0.05, 0.1) is 15.6 Å². The van der Waals surface area contributed by atoms with Gasteiger partial charge in [-0.1, -0.05) is 23.2 Å². The Kier molecular flexibility index (Phi) is 4.27. The Balaban J connectivity index is 2.44. The van der Waals surface area contributed by atoms with E-state index in [1.807, 2.05) is 0 Å². The number of carboxylic acid groups (broad SMARTS) is 1. The first-order valence-corrected chi connectivity index (χ1v) is 8.51. The number of nitrogens with one attached hydrogen (secondary N) is 1. The van der Waals surface area contributed by atoms with Gasteiger partial charge >= 0.3 is 5.97 Å². The monoisotopic (exact) mass is 345 g/mol. The summed E-state index contributed by atoms with van der Waals surface area (Å²) in [5.74, 6) is -1.20. The van der Waals surface area contributed by atoms with Crippen LogP contribution in [0.5, 0.6) is 0 Å². The van der Waals surface area contributed by atoms with E-state index in [1.165, 1.54) is 18.2 Å². The predicted octanol–water partition coefficient (Wildman–Crippen LogP) is 3.52. The van der Waals surface area contributed by atoms with Gasteiger partial charge in [-0.2, -0.15) is 0 Å². The average Bonchev–Trinajstić information content (AvgIpc) is 2.72. The van der Waals surface area contributed by atoms with E-state index in [9.17, 15) is 13.2 Å². The number of carboxylic acids is 1. The topological polar surface area (TPSA) is 83.5 Å². The Morgan fingerprint density at radius 2 is 1.95 bits per heavy atom. The molecule has 0 fully saturated rings. The molecule has 5 nitrogen and oxygen atoms in total. The van der Waals surface area contributed by atoms with Gasteiger partial charge in [0.2, 0.25) is 0 Å². The molecule has 0 bridgehead atoms. The maximum absolute atomic E-state index is 12.3. The van der Waals surface area contributed by atoms with Gasteiger partial charge in [0.1, 0.15) is 4.21 Å². The Hall–Kier alpha value is -1.57. The molecule has 2 N–H and O–H groups in total. The van der Waals surface area contributed by atoms with Crippen molar-refractivity contribution in [3.8, 4) is 0 Å². The van der Waals surface area contributed by atoms with Crippen LogP contribution in [0.4, 0.5) is 5.69 Å². The quantitative estimate of drug-likeness (QED) is 0.888. The zero-order valence-corrected chi connectivity index (χ0v) is 13.6. The van der Waals surface area contributed by atoms with E-state index >= 15 is 0 Å². The number of benzene rings is 1. The fraction of sp³-hybridized carbons (Fsp3) is 0.154. The standard InChI is InChI=1S/C13H12ClNO4S2/c1-7-3-4-10(9(5-7)13(16)17)15-21(18,19)11-6-8(2)12(14)20-11/h3-6,15H,1-2H3,(H,16,17). The van der Waals surface area contributed by atoms with Gasteiger partial charge in [-0.05, 0) is 37.6 Å². The molecule has 0 saturated carbocycles. The first kappa shape index (κ1) is 15.8.